The van der Waals surface area contributed by atoms with Gasteiger partial charge in [0, 0.05) is 0 Å². The van der Waals surface area contributed by atoms with Crippen molar-refractivity contribution >= 4 is 12.1 Å². The third-order valence-corrected chi connectivity index (χ3v) is 3.97. The number of likely N-dealkylation sites (tertiary alicyclic amines) is 1. The largest absolute Gasteiger partial charge is 0.464 e. The van der Waals surface area contributed by atoms with Gasteiger partial charge in [-0.1, -0.05) is 29.8 Å². The van der Waals surface area contributed by atoms with Crippen LogP contribution in [0, 0.1) is 6.92 Å². The van der Waals surface area contributed by atoms with Crippen LogP contribution in [-0.2, 0) is 14.3 Å². The molecular weight excluding hydrogens is 306 g/mol. The second-order valence-corrected chi connectivity index (χ2v) is 7.16. The summed E-state index contributed by atoms with van der Waals surface area (Å²) < 4.78 is 10.7. The molecule has 24 heavy (non-hydrogen) atoms. The lowest BCUT2D eigenvalue weighted by Crippen LogP contribution is -2.45. The summed E-state index contributed by atoms with van der Waals surface area (Å²) in [5, 5.41) is 0. The molecule has 0 bridgehead atoms. The van der Waals surface area contributed by atoms with Gasteiger partial charge in [-0.2, -0.15) is 0 Å². The first-order valence-corrected chi connectivity index (χ1v) is 8.47. The van der Waals surface area contributed by atoms with Crippen LogP contribution in [0.4, 0.5) is 4.79 Å². The molecule has 0 N–H and O–H groups in total. The van der Waals surface area contributed by atoms with Crippen LogP contribution in [0.1, 0.15) is 57.7 Å². The highest BCUT2D eigenvalue weighted by molar-refractivity contribution is 5.82. The Morgan fingerprint density at radius 3 is 2.54 bits per heavy atom. The third kappa shape index (κ3) is 4.28. The number of ether oxygens (including phenoxy) is 2. The monoisotopic (exact) mass is 333 g/mol. The minimum Gasteiger partial charge on any atom is -0.464 e. The van der Waals surface area contributed by atoms with Crippen molar-refractivity contribution in [3.8, 4) is 0 Å². The Morgan fingerprint density at radius 1 is 1.25 bits per heavy atom. The standard InChI is InChI=1S/C19H27NO4/c1-6-23-17(21)16-11-10-15(14-9-7-8-13(2)12-14)20(16)18(22)24-19(3,4)5/h7-9,12,15-16H,6,10-11H2,1-5H3/t15-,16+/m0/s1. The number of carbonyl (C=O) groups is 2. The van der Waals surface area contributed by atoms with Gasteiger partial charge in [0.2, 0.25) is 0 Å². The molecule has 0 aromatic heterocycles. The quantitative estimate of drug-likeness (QED) is 0.785. The van der Waals surface area contributed by atoms with Crippen LogP contribution in [0.15, 0.2) is 24.3 Å². The molecule has 0 radical (unpaired) electrons. The molecule has 1 amide bonds. The molecule has 2 rings (SSSR count). The van der Waals surface area contributed by atoms with E-state index in [1.54, 1.807) is 11.8 Å². The molecule has 5 nitrogen and oxygen atoms in total. The topological polar surface area (TPSA) is 55.8 Å². The van der Waals surface area contributed by atoms with E-state index in [0.29, 0.717) is 19.4 Å². The van der Waals surface area contributed by atoms with E-state index in [1.165, 1.54) is 0 Å². The van der Waals surface area contributed by atoms with Crippen molar-refractivity contribution in [3.05, 3.63) is 35.4 Å². The molecule has 0 aliphatic carbocycles. The van der Waals surface area contributed by atoms with E-state index >= 15 is 0 Å². The van der Waals surface area contributed by atoms with Crippen molar-refractivity contribution in [1.29, 1.82) is 0 Å². The van der Waals surface area contributed by atoms with Crippen molar-refractivity contribution in [1.82, 2.24) is 4.90 Å². The fraction of sp³-hybridized carbons (Fsp3) is 0.579. The third-order valence-electron chi connectivity index (χ3n) is 3.97. The SMILES string of the molecule is CCOC(=O)[C@H]1CC[C@@H](c2cccc(C)c2)N1C(=O)OC(C)(C)C. The number of amides is 1. The molecule has 5 heteroatoms. The van der Waals surface area contributed by atoms with Crippen LogP contribution in [0.2, 0.25) is 0 Å². The molecule has 1 aliphatic heterocycles. The highest BCUT2D eigenvalue weighted by atomic mass is 16.6. The van der Waals surface area contributed by atoms with Crippen LogP contribution in [0.25, 0.3) is 0 Å². The summed E-state index contributed by atoms with van der Waals surface area (Å²) in [6, 6.07) is 7.26. The van der Waals surface area contributed by atoms with Crippen molar-refractivity contribution in [2.45, 2.75) is 65.1 Å². The van der Waals surface area contributed by atoms with E-state index in [4.69, 9.17) is 9.47 Å². The summed E-state index contributed by atoms with van der Waals surface area (Å²) in [6.45, 7) is 9.54. The Hall–Kier alpha value is -2.04. The molecule has 132 valence electrons. The fourth-order valence-electron chi connectivity index (χ4n) is 3.05. The molecule has 2 atom stereocenters. The van der Waals surface area contributed by atoms with Gasteiger partial charge in [-0.3, -0.25) is 4.90 Å². The summed E-state index contributed by atoms with van der Waals surface area (Å²) >= 11 is 0. The average Bonchev–Trinajstić information content (AvgIpc) is 2.90. The van der Waals surface area contributed by atoms with E-state index in [1.807, 2.05) is 45.9 Å². The van der Waals surface area contributed by atoms with Crippen LogP contribution >= 0.6 is 0 Å². The van der Waals surface area contributed by atoms with Gasteiger partial charge < -0.3 is 9.47 Å². The van der Waals surface area contributed by atoms with E-state index in [2.05, 4.69) is 6.07 Å². The molecule has 1 fully saturated rings. The lowest BCUT2D eigenvalue weighted by Gasteiger charge is -2.32. The first-order chi connectivity index (χ1) is 11.2. The Labute approximate surface area is 143 Å². The highest BCUT2D eigenvalue weighted by Crippen LogP contribution is 2.38. The van der Waals surface area contributed by atoms with Crippen LogP contribution < -0.4 is 0 Å². The lowest BCUT2D eigenvalue weighted by molar-refractivity contribution is -0.148. The zero-order valence-electron chi connectivity index (χ0n) is 15.2. The Bertz CT molecular complexity index is 606. The van der Waals surface area contributed by atoms with Crippen LogP contribution in [-0.4, -0.2) is 35.2 Å². The van der Waals surface area contributed by atoms with Gasteiger partial charge in [0.05, 0.1) is 12.6 Å². The van der Waals surface area contributed by atoms with E-state index in [0.717, 1.165) is 11.1 Å². The maximum Gasteiger partial charge on any atom is 0.411 e. The molecule has 0 saturated carbocycles. The average molecular weight is 333 g/mol. The molecular formula is C19H27NO4. The summed E-state index contributed by atoms with van der Waals surface area (Å²) in [5.41, 5.74) is 1.53. The molecule has 0 spiro atoms. The second kappa shape index (κ2) is 7.24. The van der Waals surface area contributed by atoms with E-state index in [-0.39, 0.29) is 12.0 Å². The minimum atomic E-state index is -0.615. The summed E-state index contributed by atoms with van der Waals surface area (Å²) in [7, 11) is 0. The van der Waals surface area contributed by atoms with Crippen molar-refractivity contribution in [2.75, 3.05) is 6.61 Å². The maximum atomic E-state index is 12.7. The minimum absolute atomic E-state index is 0.172. The first kappa shape index (κ1) is 18.3. The lowest BCUT2D eigenvalue weighted by atomic mass is 10.0. The number of esters is 1. The highest BCUT2D eigenvalue weighted by Gasteiger charge is 2.44. The number of nitrogens with zero attached hydrogens (tertiary/aromatic N) is 1. The Kier molecular flexibility index (Phi) is 5.52. The van der Waals surface area contributed by atoms with E-state index in [9.17, 15) is 9.59 Å². The normalized spacial score (nSPS) is 20.8. The molecule has 1 aromatic carbocycles. The molecule has 1 aromatic rings. The number of hydrogen-bond donors (Lipinski definition) is 0. The van der Waals surface area contributed by atoms with Crippen molar-refractivity contribution in [2.24, 2.45) is 0 Å². The zero-order chi connectivity index (χ0) is 17.9. The molecule has 1 saturated heterocycles. The zero-order valence-corrected chi connectivity index (χ0v) is 15.2. The summed E-state index contributed by atoms with van der Waals surface area (Å²) in [5.74, 6) is -0.362. The molecule has 1 aliphatic rings. The molecule has 0 unspecified atom stereocenters. The summed E-state index contributed by atoms with van der Waals surface area (Å²) in [4.78, 5) is 26.6. The van der Waals surface area contributed by atoms with Crippen LogP contribution in [0.3, 0.4) is 0 Å². The second-order valence-electron chi connectivity index (χ2n) is 7.16. The number of benzene rings is 1. The Balaban J connectivity index is 2.32. The number of carbonyl (C=O) groups excluding carboxylic acids is 2. The van der Waals surface area contributed by atoms with Gasteiger partial charge >= 0.3 is 12.1 Å². The fourth-order valence-corrected chi connectivity index (χ4v) is 3.05. The van der Waals surface area contributed by atoms with E-state index < -0.39 is 17.7 Å². The number of hydrogen-bond acceptors (Lipinski definition) is 4. The van der Waals surface area contributed by atoms with Gasteiger partial charge in [-0.25, -0.2) is 9.59 Å². The first-order valence-electron chi connectivity index (χ1n) is 8.47. The van der Waals surface area contributed by atoms with Crippen molar-refractivity contribution in [3.63, 3.8) is 0 Å². The van der Waals surface area contributed by atoms with Crippen LogP contribution in [0.5, 0.6) is 0 Å². The smallest absolute Gasteiger partial charge is 0.411 e. The van der Waals surface area contributed by atoms with Crippen molar-refractivity contribution < 1.29 is 19.1 Å². The van der Waals surface area contributed by atoms with Gasteiger partial charge in [0.15, 0.2) is 0 Å². The maximum absolute atomic E-state index is 12.7. The molecule has 1 heterocycles. The number of rotatable bonds is 3. The van der Waals surface area contributed by atoms with Gasteiger partial charge in [-0.15, -0.1) is 0 Å². The summed E-state index contributed by atoms with van der Waals surface area (Å²) in [6.07, 6.45) is 0.827. The Morgan fingerprint density at radius 2 is 1.96 bits per heavy atom. The van der Waals surface area contributed by atoms with Gasteiger partial charge in [0.1, 0.15) is 11.6 Å². The van der Waals surface area contributed by atoms with Gasteiger partial charge in [0.25, 0.3) is 0 Å². The number of aryl methyl sites for hydroxylation is 1. The predicted octanol–water partition coefficient (Wildman–Crippen LogP) is 4.00. The van der Waals surface area contributed by atoms with Gasteiger partial charge in [-0.05, 0) is 53.0 Å². The predicted molar refractivity (Wildman–Crippen MR) is 91.6 cm³/mol.